The highest BCUT2D eigenvalue weighted by molar-refractivity contribution is 8.26. The molecule has 20 heavy (non-hydrogen) atoms. The molecule has 0 N–H and O–H groups in total. The summed E-state index contributed by atoms with van der Waals surface area (Å²) < 4.78 is 0.652. The zero-order valence-electron chi connectivity index (χ0n) is 11.1. The molecule has 2 aliphatic rings. The predicted molar refractivity (Wildman–Crippen MR) is 86.9 cm³/mol. The summed E-state index contributed by atoms with van der Waals surface area (Å²) in [5.41, 5.74) is 1.03. The van der Waals surface area contributed by atoms with E-state index in [2.05, 4.69) is 5.01 Å². The van der Waals surface area contributed by atoms with Crippen LogP contribution in [0.1, 0.15) is 24.8 Å². The van der Waals surface area contributed by atoms with E-state index in [9.17, 15) is 4.79 Å². The Morgan fingerprint density at radius 2 is 1.80 bits per heavy atom. The smallest absolute Gasteiger partial charge is 0.267 e. The topological polar surface area (TPSA) is 23.6 Å². The standard InChI is InChI=1S/C15H16N2OS2/c18-14-13(11-12-7-3-1-4-8-12)20-15(19)17(14)16-9-5-2-6-10-16/h1,3-4,7-8,11H,2,5-6,9-10H2/b13-11+. The monoisotopic (exact) mass is 304 g/mol. The number of carbonyl (C=O) groups is 1. The molecule has 2 heterocycles. The van der Waals surface area contributed by atoms with Gasteiger partial charge >= 0.3 is 0 Å². The van der Waals surface area contributed by atoms with Gasteiger partial charge in [0.25, 0.3) is 5.91 Å². The number of piperidine rings is 1. The van der Waals surface area contributed by atoms with Gasteiger partial charge in [0.15, 0.2) is 4.32 Å². The summed E-state index contributed by atoms with van der Waals surface area (Å²) in [4.78, 5) is 13.2. The molecule has 0 aromatic heterocycles. The molecule has 3 nitrogen and oxygen atoms in total. The first-order valence-electron chi connectivity index (χ1n) is 6.83. The molecule has 5 heteroatoms. The van der Waals surface area contributed by atoms with Crippen molar-refractivity contribution >= 4 is 40.3 Å². The van der Waals surface area contributed by atoms with Gasteiger partial charge in [-0.3, -0.25) is 4.79 Å². The molecule has 1 aromatic carbocycles. The number of rotatable bonds is 2. The number of hydrazine groups is 1. The SMILES string of the molecule is O=C1/C(=C\c2ccccc2)SC(=S)N1N1CCCCC1. The Bertz CT molecular complexity index is 550. The normalized spacial score (nSPS) is 22.8. The number of benzene rings is 1. The van der Waals surface area contributed by atoms with Crippen LogP contribution in [0, 0.1) is 0 Å². The zero-order chi connectivity index (χ0) is 13.9. The second kappa shape index (κ2) is 6.08. The van der Waals surface area contributed by atoms with Gasteiger partial charge in [-0.15, -0.1) is 0 Å². The number of hydrogen-bond acceptors (Lipinski definition) is 4. The molecule has 0 spiro atoms. The summed E-state index contributed by atoms with van der Waals surface area (Å²) in [6, 6.07) is 9.89. The van der Waals surface area contributed by atoms with Gasteiger partial charge in [-0.25, -0.2) is 10.0 Å². The van der Waals surface area contributed by atoms with E-state index in [1.165, 1.54) is 18.2 Å². The van der Waals surface area contributed by atoms with E-state index >= 15 is 0 Å². The van der Waals surface area contributed by atoms with Gasteiger partial charge in [-0.05, 0) is 24.5 Å². The molecule has 2 saturated heterocycles. The number of hydrogen-bond donors (Lipinski definition) is 0. The molecule has 1 aromatic rings. The van der Waals surface area contributed by atoms with Crippen molar-refractivity contribution in [3.8, 4) is 0 Å². The van der Waals surface area contributed by atoms with Crippen molar-refractivity contribution < 1.29 is 4.79 Å². The molecule has 2 fully saturated rings. The number of thioether (sulfide) groups is 1. The highest BCUT2D eigenvalue weighted by Gasteiger charge is 2.36. The lowest BCUT2D eigenvalue weighted by molar-refractivity contribution is -0.134. The lowest BCUT2D eigenvalue weighted by Crippen LogP contribution is -2.47. The van der Waals surface area contributed by atoms with Crippen molar-refractivity contribution in [1.29, 1.82) is 0 Å². The van der Waals surface area contributed by atoms with Crippen LogP contribution in [-0.4, -0.2) is 33.3 Å². The highest BCUT2D eigenvalue weighted by atomic mass is 32.2. The molecular formula is C15H16N2OS2. The molecule has 0 radical (unpaired) electrons. The van der Waals surface area contributed by atoms with E-state index in [4.69, 9.17) is 12.2 Å². The van der Waals surface area contributed by atoms with Crippen molar-refractivity contribution in [1.82, 2.24) is 10.0 Å². The van der Waals surface area contributed by atoms with E-state index in [1.807, 2.05) is 36.4 Å². The first kappa shape index (κ1) is 13.8. The molecule has 104 valence electrons. The average molecular weight is 304 g/mol. The lowest BCUT2D eigenvalue weighted by atomic mass is 10.2. The van der Waals surface area contributed by atoms with Crippen LogP contribution in [-0.2, 0) is 4.79 Å². The van der Waals surface area contributed by atoms with Gasteiger partial charge in [0.05, 0.1) is 4.91 Å². The number of amides is 1. The Labute approximate surface area is 128 Å². The maximum absolute atomic E-state index is 12.5. The third kappa shape index (κ3) is 2.80. The highest BCUT2D eigenvalue weighted by Crippen LogP contribution is 2.34. The van der Waals surface area contributed by atoms with Crippen LogP contribution in [0.2, 0.25) is 0 Å². The van der Waals surface area contributed by atoms with Crippen molar-refractivity contribution in [3.05, 3.63) is 40.8 Å². The predicted octanol–water partition coefficient (Wildman–Crippen LogP) is 3.29. The molecule has 0 bridgehead atoms. The summed E-state index contributed by atoms with van der Waals surface area (Å²) in [6.45, 7) is 1.84. The van der Waals surface area contributed by atoms with E-state index < -0.39 is 0 Å². The third-order valence-corrected chi connectivity index (χ3v) is 4.77. The number of nitrogens with zero attached hydrogens (tertiary/aromatic N) is 2. The van der Waals surface area contributed by atoms with Gasteiger partial charge < -0.3 is 0 Å². The van der Waals surface area contributed by atoms with Crippen LogP contribution in [0.4, 0.5) is 0 Å². The van der Waals surface area contributed by atoms with E-state index in [0.29, 0.717) is 9.23 Å². The minimum absolute atomic E-state index is 0.0192. The van der Waals surface area contributed by atoms with Crippen LogP contribution in [0.3, 0.4) is 0 Å². The fourth-order valence-electron chi connectivity index (χ4n) is 2.48. The quantitative estimate of drug-likeness (QED) is 0.618. The molecule has 3 rings (SSSR count). The van der Waals surface area contributed by atoms with Crippen LogP contribution in [0.15, 0.2) is 35.2 Å². The van der Waals surface area contributed by atoms with Crippen LogP contribution >= 0.6 is 24.0 Å². The minimum atomic E-state index is 0.0192. The largest absolute Gasteiger partial charge is 0.280 e. The molecule has 0 unspecified atom stereocenters. The van der Waals surface area contributed by atoms with Crippen LogP contribution in [0.25, 0.3) is 6.08 Å². The Kier molecular flexibility index (Phi) is 4.19. The van der Waals surface area contributed by atoms with Crippen molar-refractivity contribution in [2.45, 2.75) is 19.3 Å². The fourth-order valence-corrected chi connectivity index (χ4v) is 3.79. The first-order valence-corrected chi connectivity index (χ1v) is 8.06. The fraction of sp³-hybridized carbons (Fsp3) is 0.333. The van der Waals surface area contributed by atoms with Crippen molar-refractivity contribution in [3.63, 3.8) is 0 Å². The molecule has 1 amide bonds. The van der Waals surface area contributed by atoms with E-state index in [0.717, 1.165) is 31.5 Å². The van der Waals surface area contributed by atoms with E-state index in [1.54, 1.807) is 5.01 Å². The van der Waals surface area contributed by atoms with Gasteiger partial charge in [0.1, 0.15) is 0 Å². The molecular weight excluding hydrogens is 288 g/mol. The Hall–Kier alpha value is -1.17. The number of thiocarbonyl (C=S) groups is 1. The summed E-state index contributed by atoms with van der Waals surface area (Å²) in [7, 11) is 0. The number of carbonyl (C=O) groups excluding carboxylic acids is 1. The molecule has 2 aliphatic heterocycles. The molecule has 0 aliphatic carbocycles. The summed E-state index contributed by atoms with van der Waals surface area (Å²) in [5.74, 6) is 0.0192. The van der Waals surface area contributed by atoms with Gasteiger partial charge in [0, 0.05) is 13.1 Å². The minimum Gasteiger partial charge on any atom is -0.267 e. The van der Waals surface area contributed by atoms with Gasteiger partial charge in [-0.1, -0.05) is 60.7 Å². The Morgan fingerprint density at radius 1 is 1.10 bits per heavy atom. The molecule has 0 atom stereocenters. The Morgan fingerprint density at radius 3 is 2.50 bits per heavy atom. The van der Waals surface area contributed by atoms with Crippen molar-refractivity contribution in [2.24, 2.45) is 0 Å². The van der Waals surface area contributed by atoms with Crippen LogP contribution < -0.4 is 0 Å². The average Bonchev–Trinajstić information content (AvgIpc) is 2.75. The maximum atomic E-state index is 12.5. The van der Waals surface area contributed by atoms with Gasteiger partial charge in [0.2, 0.25) is 0 Å². The maximum Gasteiger partial charge on any atom is 0.280 e. The second-order valence-corrected chi connectivity index (χ2v) is 6.59. The Balaban J connectivity index is 1.81. The third-order valence-electron chi connectivity index (χ3n) is 3.49. The first-order chi connectivity index (χ1) is 9.75. The second-order valence-electron chi connectivity index (χ2n) is 4.92. The van der Waals surface area contributed by atoms with E-state index in [-0.39, 0.29) is 5.91 Å². The van der Waals surface area contributed by atoms with Crippen molar-refractivity contribution in [2.75, 3.05) is 13.1 Å². The summed E-state index contributed by atoms with van der Waals surface area (Å²) in [5, 5.41) is 3.78. The van der Waals surface area contributed by atoms with Gasteiger partial charge in [-0.2, -0.15) is 0 Å². The summed E-state index contributed by atoms with van der Waals surface area (Å²) >= 11 is 6.77. The summed E-state index contributed by atoms with van der Waals surface area (Å²) in [6.07, 6.45) is 5.43. The van der Waals surface area contributed by atoms with Crippen LogP contribution in [0.5, 0.6) is 0 Å². The molecule has 0 saturated carbocycles. The lowest BCUT2D eigenvalue weighted by Gasteiger charge is -2.33. The zero-order valence-corrected chi connectivity index (χ0v) is 12.8.